The summed E-state index contributed by atoms with van der Waals surface area (Å²) < 4.78 is 12.6. The first-order valence-electron chi connectivity index (χ1n) is 6.48. The largest absolute Gasteiger partial charge is 0.486 e. The second kappa shape index (κ2) is 5.96. The summed E-state index contributed by atoms with van der Waals surface area (Å²) in [6.07, 6.45) is 0.709. The fourth-order valence-corrected chi connectivity index (χ4v) is 3.32. The van der Waals surface area contributed by atoms with E-state index >= 15 is 0 Å². The molecule has 0 radical (unpaired) electrons. The van der Waals surface area contributed by atoms with Crippen LogP contribution < -0.4 is 15.0 Å². The number of aromatic nitrogens is 2. The van der Waals surface area contributed by atoms with Gasteiger partial charge in [0.2, 0.25) is 0 Å². The van der Waals surface area contributed by atoms with Gasteiger partial charge in [-0.2, -0.15) is 0 Å². The second-order valence-corrected chi connectivity index (χ2v) is 6.44. The smallest absolute Gasteiger partial charge is 0.264 e. The standard InChI is InChI=1S/C14H12BrIN2O3/c1-2-9-11(16)14(19)18-13(17-9)7-5-8(15)12-10(6-7)20-3-4-21-12/h5-6H,2-4H2,1H3,(H,17,18,19). The zero-order chi connectivity index (χ0) is 15.0. The molecule has 3 rings (SSSR count). The van der Waals surface area contributed by atoms with Crippen LogP contribution in [0.15, 0.2) is 21.4 Å². The van der Waals surface area contributed by atoms with E-state index < -0.39 is 0 Å². The molecule has 1 aromatic heterocycles. The summed E-state index contributed by atoms with van der Waals surface area (Å²) in [6, 6.07) is 3.71. The molecule has 1 N–H and O–H groups in total. The molecule has 0 bridgehead atoms. The van der Waals surface area contributed by atoms with Gasteiger partial charge >= 0.3 is 0 Å². The minimum absolute atomic E-state index is 0.122. The van der Waals surface area contributed by atoms with Gasteiger partial charge in [-0.15, -0.1) is 0 Å². The van der Waals surface area contributed by atoms with Gasteiger partial charge in [0.15, 0.2) is 11.5 Å². The van der Waals surface area contributed by atoms with Gasteiger partial charge in [0.25, 0.3) is 5.56 Å². The van der Waals surface area contributed by atoms with Crippen molar-refractivity contribution in [3.05, 3.63) is 36.2 Å². The maximum absolute atomic E-state index is 12.0. The van der Waals surface area contributed by atoms with E-state index in [0.29, 0.717) is 40.5 Å². The average Bonchev–Trinajstić information content (AvgIpc) is 2.50. The first kappa shape index (κ1) is 14.8. The van der Waals surface area contributed by atoms with Gasteiger partial charge in [0.05, 0.1) is 13.7 Å². The fourth-order valence-electron chi connectivity index (χ4n) is 2.12. The normalized spacial score (nSPS) is 13.3. The molecule has 7 heteroatoms. The maximum atomic E-state index is 12.0. The van der Waals surface area contributed by atoms with Gasteiger partial charge in [0.1, 0.15) is 19.0 Å². The quantitative estimate of drug-likeness (QED) is 0.696. The molecule has 0 unspecified atom stereocenters. The minimum atomic E-state index is -0.122. The molecule has 0 atom stereocenters. The summed E-state index contributed by atoms with van der Waals surface area (Å²) in [6.45, 7) is 3.02. The van der Waals surface area contributed by atoms with Gasteiger partial charge in [-0.25, -0.2) is 4.98 Å². The van der Waals surface area contributed by atoms with Crippen molar-refractivity contribution in [1.82, 2.24) is 9.97 Å². The Labute approximate surface area is 143 Å². The van der Waals surface area contributed by atoms with Crippen molar-refractivity contribution < 1.29 is 9.47 Å². The van der Waals surface area contributed by atoms with E-state index in [1.165, 1.54) is 0 Å². The Bertz CT molecular complexity index is 761. The highest BCUT2D eigenvalue weighted by Gasteiger charge is 2.18. The molecule has 21 heavy (non-hydrogen) atoms. The number of benzene rings is 1. The zero-order valence-corrected chi connectivity index (χ0v) is 14.9. The zero-order valence-electron chi connectivity index (χ0n) is 11.2. The van der Waals surface area contributed by atoms with Crippen molar-refractivity contribution >= 4 is 38.5 Å². The molecule has 2 heterocycles. The van der Waals surface area contributed by atoms with E-state index in [9.17, 15) is 4.79 Å². The molecule has 0 saturated carbocycles. The maximum Gasteiger partial charge on any atom is 0.264 e. The number of H-pyrrole nitrogens is 1. The molecular weight excluding hydrogens is 451 g/mol. The van der Waals surface area contributed by atoms with Crippen molar-refractivity contribution in [3.63, 3.8) is 0 Å². The number of hydrogen-bond donors (Lipinski definition) is 1. The third-order valence-corrected chi connectivity index (χ3v) is 4.84. The Morgan fingerprint density at radius 3 is 2.90 bits per heavy atom. The van der Waals surface area contributed by atoms with E-state index in [-0.39, 0.29) is 5.56 Å². The molecule has 0 saturated heterocycles. The second-order valence-electron chi connectivity index (χ2n) is 4.51. The summed E-state index contributed by atoms with van der Waals surface area (Å²) in [7, 11) is 0. The number of nitrogens with one attached hydrogen (secondary N) is 1. The van der Waals surface area contributed by atoms with Gasteiger partial charge < -0.3 is 14.5 Å². The van der Waals surface area contributed by atoms with E-state index in [2.05, 4.69) is 25.9 Å². The Kier molecular flexibility index (Phi) is 4.21. The number of aryl methyl sites for hydroxylation is 1. The lowest BCUT2D eigenvalue weighted by Crippen LogP contribution is -2.17. The number of aromatic amines is 1. The van der Waals surface area contributed by atoms with Crippen LogP contribution in [0.1, 0.15) is 12.6 Å². The van der Waals surface area contributed by atoms with Crippen molar-refractivity contribution in [1.29, 1.82) is 0 Å². The summed E-state index contributed by atoms with van der Waals surface area (Å²) in [5.74, 6) is 1.88. The SMILES string of the molecule is CCc1nc(-c2cc(Br)c3c(c2)OCCO3)[nH]c(=O)c1I. The number of nitrogens with zero attached hydrogens (tertiary/aromatic N) is 1. The Balaban J connectivity index is 2.15. The van der Waals surface area contributed by atoms with E-state index in [0.717, 1.165) is 15.7 Å². The molecular formula is C14H12BrIN2O3. The average molecular weight is 463 g/mol. The third kappa shape index (κ3) is 2.80. The molecule has 1 aliphatic heterocycles. The summed E-state index contributed by atoms with van der Waals surface area (Å²) >= 11 is 5.49. The summed E-state index contributed by atoms with van der Waals surface area (Å²) in [4.78, 5) is 19.3. The van der Waals surface area contributed by atoms with Crippen LogP contribution in [0.4, 0.5) is 0 Å². The number of hydrogen-bond acceptors (Lipinski definition) is 4. The third-order valence-electron chi connectivity index (χ3n) is 3.14. The number of halogens is 2. The molecule has 5 nitrogen and oxygen atoms in total. The first-order valence-corrected chi connectivity index (χ1v) is 8.35. The highest BCUT2D eigenvalue weighted by atomic mass is 127. The van der Waals surface area contributed by atoms with Crippen molar-refractivity contribution in [2.24, 2.45) is 0 Å². The predicted octanol–water partition coefficient (Wildman–Crippen LogP) is 3.14. The van der Waals surface area contributed by atoms with Crippen LogP contribution >= 0.6 is 38.5 Å². The van der Waals surface area contributed by atoms with Crippen LogP contribution in [0.3, 0.4) is 0 Å². The minimum Gasteiger partial charge on any atom is -0.486 e. The Hall–Kier alpha value is -1.09. The van der Waals surface area contributed by atoms with Crippen LogP contribution in [0, 0.1) is 3.57 Å². The summed E-state index contributed by atoms with van der Waals surface area (Å²) in [5.41, 5.74) is 1.46. The Morgan fingerprint density at radius 2 is 2.14 bits per heavy atom. The lowest BCUT2D eigenvalue weighted by atomic mass is 10.1. The van der Waals surface area contributed by atoms with Gasteiger partial charge in [-0.05, 0) is 57.1 Å². The highest BCUT2D eigenvalue weighted by molar-refractivity contribution is 14.1. The Morgan fingerprint density at radius 1 is 1.38 bits per heavy atom. The van der Waals surface area contributed by atoms with Crippen molar-refractivity contribution in [3.8, 4) is 22.9 Å². The first-order chi connectivity index (χ1) is 10.1. The molecule has 1 aliphatic rings. The number of ether oxygens (including phenoxy) is 2. The van der Waals surface area contributed by atoms with Crippen molar-refractivity contribution in [2.45, 2.75) is 13.3 Å². The molecule has 110 valence electrons. The van der Waals surface area contributed by atoms with Crippen LogP contribution in [0.2, 0.25) is 0 Å². The lowest BCUT2D eigenvalue weighted by Gasteiger charge is -2.20. The lowest BCUT2D eigenvalue weighted by molar-refractivity contribution is 0.170. The molecule has 0 amide bonds. The van der Waals surface area contributed by atoms with Crippen LogP contribution in [-0.2, 0) is 6.42 Å². The monoisotopic (exact) mass is 462 g/mol. The van der Waals surface area contributed by atoms with Gasteiger partial charge in [-0.3, -0.25) is 4.79 Å². The molecule has 1 aromatic carbocycles. The van der Waals surface area contributed by atoms with Gasteiger partial charge in [0, 0.05) is 5.56 Å². The topological polar surface area (TPSA) is 64.2 Å². The van der Waals surface area contributed by atoms with E-state index in [4.69, 9.17) is 9.47 Å². The van der Waals surface area contributed by atoms with Crippen LogP contribution in [0.25, 0.3) is 11.4 Å². The van der Waals surface area contributed by atoms with E-state index in [1.807, 2.05) is 41.6 Å². The van der Waals surface area contributed by atoms with Crippen LogP contribution in [-0.4, -0.2) is 23.2 Å². The van der Waals surface area contributed by atoms with E-state index in [1.54, 1.807) is 0 Å². The number of rotatable bonds is 2. The van der Waals surface area contributed by atoms with Crippen molar-refractivity contribution in [2.75, 3.05) is 13.2 Å². The number of fused-ring (bicyclic) bond motifs is 1. The highest BCUT2D eigenvalue weighted by Crippen LogP contribution is 2.40. The molecule has 0 fully saturated rings. The summed E-state index contributed by atoms with van der Waals surface area (Å²) in [5, 5.41) is 0. The predicted molar refractivity (Wildman–Crippen MR) is 91.1 cm³/mol. The fraction of sp³-hybridized carbons (Fsp3) is 0.286. The molecule has 2 aromatic rings. The van der Waals surface area contributed by atoms with Crippen LogP contribution in [0.5, 0.6) is 11.5 Å². The molecule has 0 aliphatic carbocycles. The molecule has 0 spiro atoms. The van der Waals surface area contributed by atoms with Gasteiger partial charge in [-0.1, -0.05) is 6.92 Å².